The van der Waals surface area contributed by atoms with Crippen LogP contribution in [0.1, 0.15) is 32.6 Å². The Bertz CT molecular complexity index is 543. The van der Waals surface area contributed by atoms with Gasteiger partial charge in [0.15, 0.2) is 15.8 Å². The Morgan fingerprint density at radius 2 is 2.17 bits per heavy atom. The molecule has 0 aromatic carbocycles. The zero-order valence-electron chi connectivity index (χ0n) is 14.7. The highest BCUT2D eigenvalue weighted by atomic mass is 32.2. The van der Waals surface area contributed by atoms with Crippen molar-refractivity contribution in [2.75, 3.05) is 50.9 Å². The van der Waals surface area contributed by atoms with Gasteiger partial charge in [-0.3, -0.25) is 4.99 Å². The third-order valence-electron chi connectivity index (χ3n) is 5.36. The van der Waals surface area contributed by atoms with E-state index >= 15 is 0 Å². The maximum atomic E-state index is 11.6. The van der Waals surface area contributed by atoms with Gasteiger partial charge in [0.25, 0.3) is 0 Å². The van der Waals surface area contributed by atoms with Crippen LogP contribution in [-0.4, -0.2) is 70.2 Å². The van der Waals surface area contributed by atoms with E-state index in [1.165, 1.54) is 12.8 Å². The van der Waals surface area contributed by atoms with E-state index < -0.39 is 9.84 Å². The van der Waals surface area contributed by atoms with Crippen LogP contribution in [0, 0.1) is 17.8 Å². The molecule has 0 saturated carbocycles. The molecule has 3 atom stereocenters. The number of piperidine rings is 1. The number of likely N-dealkylation sites (tertiary alicyclic amines) is 1. The number of hydrogen-bond donors (Lipinski definition) is 1. The van der Waals surface area contributed by atoms with E-state index in [1.54, 1.807) is 0 Å². The van der Waals surface area contributed by atoms with Gasteiger partial charge in [-0.25, -0.2) is 8.42 Å². The smallest absolute Gasteiger partial charge is 0.193 e. The summed E-state index contributed by atoms with van der Waals surface area (Å²) in [6.07, 6.45) is 4.34. The summed E-state index contributed by atoms with van der Waals surface area (Å²) >= 11 is 0. The van der Waals surface area contributed by atoms with Crippen LogP contribution in [0.5, 0.6) is 0 Å². The van der Waals surface area contributed by atoms with E-state index in [4.69, 9.17) is 9.73 Å². The number of nitrogens with zero attached hydrogens (tertiary/aromatic N) is 2. The van der Waals surface area contributed by atoms with Crippen molar-refractivity contribution in [3.05, 3.63) is 0 Å². The number of sulfone groups is 1. The first kappa shape index (κ1) is 18.0. The standard InChI is InChI=1S/C17H31N3O3S/c1-14-3-2-6-20(11-14)17(18-9-15-4-7-23-12-15)19-10-16-5-8-24(21,22)13-16/h14-16H,2-13H2,1H3,(H,18,19). The van der Waals surface area contributed by atoms with Gasteiger partial charge in [0, 0.05) is 38.7 Å². The molecule has 0 spiro atoms. The molecule has 1 N–H and O–H groups in total. The minimum Gasteiger partial charge on any atom is -0.381 e. The molecular formula is C17H31N3O3S. The van der Waals surface area contributed by atoms with E-state index in [0.717, 1.165) is 51.6 Å². The van der Waals surface area contributed by atoms with Gasteiger partial charge in [-0.1, -0.05) is 6.92 Å². The van der Waals surface area contributed by atoms with Crippen LogP contribution in [0.15, 0.2) is 4.99 Å². The Morgan fingerprint density at radius 3 is 2.83 bits per heavy atom. The Labute approximate surface area is 146 Å². The molecule has 3 rings (SSSR count). The fourth-order valence-electron chi connectivity index (χ4n) is 3.86. The summed E-state index contributed by atoms with van der Waals surface area (Å²) < 4.78 is 28.7. The number of rotatable bonds is 4. The molecule has 3 aliphatic rings. The Kier molecular flexibility index (Phi) is 6.02. The highest BCUT2D eigenvalue weighted by Crippen LogP contribution is 2.20. The lowest BCUT2D eigenvalue weighted by Gasteiger charge is -2.34. The molecule has 6 nitrogen and oxygen atoms in total. The van der Waals surface area contributed by atoms with Crippen LogP contribution in [-0.2, 0) is 14.6 Å². The van der Waals surface area contributed by atoms with Gasteiger partial charge in [0.05, 0.1) is 18.1 Å². The molecule has 3 heterocycles. The number of nitrogens with one attached hydrogen (secondary N) is 1. The molecule has 24 heavy (non-hydrogen) atoms. The van der Waals surface area contributed by atoms with Crippen molar-refractivity contribution in [3.63, 3.8) is 0 Å². The van der Waals surface area contributed by atoms with Gasteiger partial charge in [-0.2, -0.15) is 0 Å². The lowest BCUT2D eigenvalue weighted by atomic mass is 10.0. The maximum absolute atomic E-state index is 11.6. The first-order valence-corrected chi connectivity index (χ1v) is 11.2. The second kappa shape index (κ2) is 8.04. The van der Waals surface area contributed by atoms with Gasteiger partial charge in [-0.15, -0.1) is 0 Å². The van der Waals surface area contributed by atoms with E-state index in [9.17, 15) is 8.42 Å². The summed E-state index contributed by atoms with van der Waals surface area (Å²) in [5.41, 5.74) is 0. The summed E-state index contributed by atoms with van der Waals surface area (Å²) in [6.45, 7) is 7.58. The third-order valence-corrected chi connectivity index (χ3v) is 7.19. The summed E-state index contributed by atoms with van der Waals surface area (Å²) in [7, 11) is -2.82. The molecule has 0 amide bonds. The largest absolute Gasteiger partial charge is 0.381 e. The molecule has 3 unspecified atom stereocenters. The minimum absolute atomic E-state index is 0.184. The molecule has 0 aliphatic carbocycles. The normalized spacial score (nSPS) is 33.8. The molecule has 0 aromatic rings. The Morgan fingerprint density at radius 1 is 1.29 bits per heavy atom. The summed E-state index contributed by atoms with van der Waals surface area (Å²) in [5, 5.41) is 3.54. The maximum Gasteiger partial charge on any atom is 0.193 e. The number of ether oxygens (including phenoxy) is 1. The fourth-order valence-corrected chi connectivity index (χ4v) is 5.71. The fraction of sp³-hybridized carbons (Fsp3) is 0.941. The highest BCUT2D eigenvalue weighted by molar-refractivity contribution is 7.91. The minimum atomic E-state index is -2.82. The number of hydrogen-bond acceptors (Lipinski definition) is 4. The second-order valence-corrected chi connectivity index (χ2v) is 9.97. The van der Waals surface area contributed by atoms with Gasteiger partial charge in [0.1, 0.15) is 0 Å². The molecule has 7 heteroatoms. The van der Waals surface area contributed by atoms with Crippen molar-refractivity contribution in [2.45, 2.75) is 32.6 Å². The van der Waals surface area contributed by atoms with Crippen molar-refractivity contribution >= 4 is 15.8 Å². The monoisotopic (exact) mass is 357 g/mol. The van der Waals surface area contributed by atoms with Crippen molar-refractivity contribution in [1.82, 2.24) is 10.2 Å². The lowest BCUT2D eigenvalue weighted by molar-refractivity contribution is 0.185. The summed E-state index contributed by atoms with van der Waals surface area (Å²) in [5.74, 6) is 3.03. The molecule has 3 aliphatic heterocycles. The van der Waals surface area contributed by atoms with Gasteiger partial charge < -0.3 is 15.0 Å². The van der Waals surface area contributed by atoms with Crippen LogP contribution < -0.4 is 5.32 Å². The van der Waals surface area contributed by atoms with E-state index in [2.05, 4.69) is 17.1 Å². The predicted molar refractivity (Wildman–Crippen MR) is 96.0 cm³/mol. The van der Waals surface area contributed by atoms with Gasteiger partial charge >= 0.3 is 0 Å². The Hall–Kier alpha value is -0.820. The molecule has 3 saturated heterocycles. The number of aliphatic imine (C=N–C) groups is 1. The van der Waals surface area contributed by atoms with E-state index in [0.29, 0.717) is 29.9 Å². The van der Waals surface area contributed by atoms with Crippen LogP contribution in [0.3, 0.4) is 0 Å². The van der Waals surface area contributed by atoms with Crippen molar-refractivity contribution in [1.29, 1.82) is 0 Å². The average Bonchev–Trinajstić information content (AvgIpc) is 3.17. The van der Waals surface area contributed by atoms with Crippen molar-refractivity contribution in [2.24, 2.45) is 22.7 Å². The SMILES string of the molecule is CC1CCCN(C(=NCC2CCS(=O)(=O)C2)NCC2CCOC2)C1. The summed E-state index contributed by atoms with van der Waals surface area (Å²) in [6, 6.07) is 0. The molecule has 3 fully saturated rings. The first-order valence-electron chi connectivity index (χ1n) is 9.33. The second-order valence-electron chi connectivity index (χ2n) is 7.74. The van der Waals surface area contributed by atoms with Crippen LogP contribution in [0.25, 0.3) is 0 Å². The zero-order chi connectivity index (χ0) is 17.0. The van der Waals surface area contributed by atoms with Gasteiger partial charge in [0.2, 0.25) is 0 Å². The topological polar surface area (TPSA) is 71.0 Å². The number of guanidine groups is 1. The quantitative estimate of drug-likeness (QED) is 0.603. The van der Waals surface area contributed by atoms with Crippen LogP contribution in [0.4, 0.5) is 0 Å². The molecule has 0 bridgehead atoms. The lowest BCUT2D eigenvalue weighted by Crippen LogP contribution is -2.47. The average molecular weight is 358 g/mol. The van der Waals surface area contributed by atoms with E-state index in [-0.39, 0.29) is 5.92 Å². The zero-order valence-corrected chi connectivity index (χ0v) is 15.6. The molecule has 0 aromatic heterocycles. The van der Waals surface area contributed by atoms with E-state index in [1.807, 2.05) is 0 Å². The molecule has 0 radical (unpaired) electrons. The predicted octanol–water partition coefficient (Wildman–Crippen LogP) is 1.14. The highest BCUT2D eigenvalue weighted by Gasteiger charge is 2.28. The van der Waals surface area contributed by atoms with Gasteiger partial charge in [-0.05, 0) is 37.5 Å². The van der Waals surface area contributed by atoms with Crippen LogP contribution in [0.2, 0.25) is 0 Å². The molecular weight excluding hydrogens is 326 g/mol. The van der Waals surface area contributed by atoms with Crippen LogP contribution >= 0.6 is 0 Å². The third kappa shape index (κ3) is 5.09. The first-order chi connectivity index (χ1) is 11.5. The Balaban J connectivity index is 1.60. The summed E-state index contributed by atoms with van der Waals surface area (Å²) in [4.78, 5) is 7.17. The van der Waals surface area contributed by atoms with Crippen molar-refractivity contribution < 1.29 is 13.2 Å². The van der Waals surface area contributed by atoms with Crippen molar-refractivity contribution in [3.8, 4) is 0 Å². The molecule has 138 valence electrons.